The molecule has 132 valence electrons. The summed E-state index contributed by atoms with van der Waals surface area (Å²) >= 11 is 0. The Morgan fingerprint density at radius 2 is 1.80 bits per heavy atom. The van der Waals surface area contributed by atoms with E-state index in [1.165, 1.54) is 0 Å². The molecule has 0 spiro atoms. The van der Waals surface area contributed by atoms with Crippen LogP contribution >= 0.6 is 0 Å². The van der Waals surface area contributed by atoms with E-state index in [0.29, 0.717) is 25.6 Å². The van der Waals surface area contributed by atoms with Gasteiger partial charge in [0, 0.05) is 26.2 Å². The van der Waals surface area contributed by atoms with Gasteiger partial charge in [-0.25, -0.2) is 4.79 Å². The van der Waals surface area contributed by atoms with Crippen LogP contribution in [0.1, 0.15) is 18.4 Å². The molecule has 3 rings (SSSR count). The third-order valence-electron chi connectivity index (χ3n) is 4.48. The van der Waals surface area contributed by atoms with Crippen molar-refractivity contribution in [2.75, 3.05) is 19.7 Å². The van der Waals surface area contributed by atoms with E-state index in [-0.39, 0.29) is 12.6 Å². The first-order valence-corrected chi connectivity index (χ1v) is 8.70. The number of aliphatic hydroxyl groups excluding tert-OH is 1. The van der Waals surface area contributed by atoms with Gasteiger partial charge in [0.2, 0.25) is 0 Å². The molecular weight excluding hydrogens is 316 g/mol. The smallest absolute Gasteiger partial charge is 0.317 e. The van der Waals surface area contributed by atoms with E-state index in [9.17, 15) is 4.79 Å². The van der Waals surface area contributed by atoms with Gasteiger partial charge >= 0.3 is 6.03 Å². The van der Waals surface area contributed by atoms with Crippen molar-refractivity contribution in [2.24, 2.45) is 5.92 Å². The molecule has 0 unspecified atom stereocenters. The van der Waals surface area contributed by atoms with E-state index >= 15 is 0 Å². The maximum absolute atomic E-state index is 12.3. The second-order valence-corrected chi connectivity index (χ2v) is 6.33. The summed E-state index contributed by atoms with van der Waals surface area (Å²) < 4.78 is 5.82. The molecule has 1 aliphatic rings. The summed E-state index contributed by atoms with van der Waals surface area (Å²) in [6.45, 7) is 2.08. The number of nitrogens with one attached hydrogen (secondary N) is 1. The van der Waals surface area contributed by atoms with E-state index in [4.69, 9.17) is 9.84 Å². The lowest BCUT2D eigenvalue weighted by Gasteiger charge is -2.31. The number of piperidine rings is 1. The van der Waals surface area contributed by atoms with E-state index in [2.05, 4.69) is 5.32 Å². The van der Waals surface area contributed by atoms with Crippen molar-refractivity contribution < 1.29 is 14.6 Å². The normalized spacial score (nSPS) is 15.0. The number of ether oxygens (including phenoxy) is 1. The lowest BCUT2D eigenvalue weighted by Crippen LogP contribution is -2.44. The lowest BCUT2D eigenvalue weighted by atomic mass is 9.98. The topological polar surface area (TPSA) is 61.8 Å². The van der Waals surface area contributed by atoms with Gasteiger partial charge in [-0.2, -0.15) is 0 Å². The van der Waals surface area contributed by atoms with Gasteiger partial charge < -0.3 is 20.1 Å². The van der Waals surface area contributed by atoms with Crippen LogP contribution in [0.3, 0.4) is 0 Å². The fourth-order valence-electron chi connectivity index (χ4n) is 2.95. The van der Waals surface area contributed by atoms with Gasteiger partial charge in [-0.1, -0.05) is 30.3 Å². The highest BCUT2D eigenvalue weighted by molar-refractivity contribution is 5.74. The highest BCUT2D eigenvalue weighted by Crippen LogP contribution is 2.22. The minimum atomic E-state index is -0.0502. The van der Waals surface area contributed by atoms with Crippen LogP contribution in [-0.2, 0) is 6.54 Å². The van der Waals surface area contributed by atoms with Gasteiger partial charge in [-0.15, -0.1) is 0 Å². The quantitative estimate of drug-likeness (QED) is 0.877. The zero-order valence-electron chi connectivity index (χ0n) is 14.2. The molecule has 0 radical (unpaired) electrons. The molecule has 2 aromatic carbocycles. The average molecular weight is 340 g/mol. The Kier molecular flexibility index (Phi) is 5.90. The Bertz CT molecular complexity index is 682. The highest BCUT2D eigenvalue weighted by Gasteiger charge is 2.21. The molecular formula is C20H24N2O3. The molecule has 5 heteroatoms. The Morgan fingerprint density at radius 1 is 1.08 bits per heavy atom. The first-order valence-electron chi connectivity index (χ1n) is 8.70. The molecule has 2 amide bonds. The van der Waals surface area contributed by atoms with Crippen LogP contribution in [0.4, 0.5) is 4.79 Å². The highest BCUT2D eigenvalue weighted by atomic mass is 16.5. The van der Waals surface area contributed by atoms with Crippen LogP contribution < -0.4 is 10.1 Å². The summed E-state index contributed by atoms with van der Waals surface area (Å²) in [6.07, 6.45) is 1.73. The number of para-hydroxylation sites is 1. The van der Waals surface area contributed by atoms with Crippen LogP contribution in [0, 0.1) is 5.92 Å². The third kappa shape index (κ3) is 4.97. The first kappa shape index (κ1) is 17.3. The zero-order chi connectivity index (χ0) is 17.5. The number of benzene rings is 2. The molecule has 2 N–H and O–H groups in total. The summed E-state index contributed by atoms with van der Waals surface area (Å²) in [5.74, 6) is 1.87. The number of aliphatic hydroxyl groups is 1. The van der Waals surface area contributed by atoms with Gasteiger partial charge in [0.05, 0.1) is 0 Å². The maximum Gasteiger partial charge on any atom is 0.317 e. The number of rotatable bonds is 5. The molecule has 25 heavy (non-hydrogen) atoms. The number of carbonyl (C=O) groups is 1. The molecule has 1 fully saturated rings. The lowest BCUT2D eigenvalue weighted by molar-refractivity contribution is 0.137. The fraction of sp³-hybridized carbons (Fsp3) is 0.350. The Labute approximate surface area is 148 Å². The summed E-state index contributed by atoms with van der Waals surface area (Å²) in [5.41, 5.74) is 0.993. The summed E-state index contributed by atoms with van der Waals surface area (Å²) in [4.78, 5) is 14.1. The second kappa shape index (κ2) is 8.53. The zero-order valence-corrected chi connectivity index (χ0v) is 14.2. The van der Waals surface area contributed by atoms with Gasteiger partial charge in [0.25, 0.3) is 0 Å². The van der Waals surface area contributed by atoms with E-state index < -0.39 is 0 Å². The van der Waals surface area contributed by atoms with Gasteiger partial charge in [0.15, 0.2) is 0 Å². The van der Waals surface area contributed by atoms with Crippen LogP contribution in [0.2, 0.25) is 0 Å². The van der Waals surface area contributed by atoms with Gasteiger partial charge in [0.1, 0.15) is 11.5 Å². The number of amides is 2. The Hall–Kier alpha value is -2.53. The van der Waals surface area contributed by atoms with Crippen molar-refractivity contribution in [1.29, 1.82) is 0 Å². The SMILES string of the molecule is O=C(NCc1cccc(Oc2ccccc2)c1)N1CCC(CO)CC1. The molecule has 0 bridgehead atoms. The second-order valence-electron chi connectivity index (χ2n) is 6.33. The molecule has 2 aromatic rings. The minimum Gasteiger partial charge on any atom is -0.457 e. The van der Waals surface area contributed by atoms with E-state index in [1.54, 1.807) is 0 Å². The number of nitrogens with zero attached hydrogens (tertiary/aromatic N) is 1. The van der Waals surface area contributed by atoms with Gasteiger partial charge in [-0.05, 0) is 48.6 Å². The predicted octanol–water partition coefficient (Wildman–Crippen LogP) is 3.39. The number of likely N-dealkylation sites (tertiary alicyclic amines) is 1. The average Bonchev–Trinajstić information content (AvgIpc) is 2.67. The van der Waals surface area contributed by atoms with Crippen molar-refractivity contribution in [2.45, 2.75) is 19.4 Å². The number of carbonyl (C=O) groups excluding carboxylic acids is 1. The monoisotopic (exact) mass is 340 g/mol. The Balaban J connectivity index is 1.51. The molecule has 5 nitrogen and oxygen atoms in total. The first-order chi connectivity index (χ1) is 12.2. The van der Waals surface area contributed by atoms with Crippen LogP contribution in [-0.4, -0.2) is 35.7 Å². The summed E-state index contributed by atoms with van der Waals surface area (Å²) in [5, 5.41) is 12.1. The standard InChI is InChI=1S/C20H24N2O3/c23-15-16-9-11-22(12-10-16)20(24)21-14-17-5-4-8-19(13-17)25-18-6-2-1-3-7-18/h1-8,13,16,23H,9-12,14-15H2,(H,21,24). The van der Waals surface area contributed by atoms with Crippen molar-refractivity contribution in [3.63, 3.8) is 0 Å². The maximum atomic E-state index is 12.3. The van der Waals surface area contributed by atoms with Crippen molar-refractivity contribution in [1.82, 2.24) is 10.2 Å². The number of hydrogen-bond acceptors (Lipinski definition) is 3. The van der Waals surface area contributed by atoms with Crippen LogP contribution in [0.25, 0.3) is 0 Å². The molecule has 0 aliphatic carbocycles. The number of urea groups is 1. The molecule has 0 aromatic heterocycles. The van der Waals surface area contributed by atoms with E-state index in [0.717, 1.165) is 29.9 Å². The molecule has 1 aliphatic heterocycles. The molecule has 1 saturated heterocycles. The predicted molar refractivity (Wildman–Crippen MR) is 96.6 cm³/mol. The molecule has 1 heterocycles. The van der Waals surface area contributed by atoms with Crippen LogP contribution in [0.15, 0.2) is 54.6 Å². The van der Waals surface area contributed by atoms with Crippen LogP contribution in [0.5, 0.6) is 11.5 Å². The minimum absolute atomic E-state index is 0.0502. The summed E-state index contributed by atoms with van der Waals surface area (Å²) in [7, 11) is 0. The summed E-state index contributed by atoms with van der Waals surface area (Å²) in [6, 6.07) is 17.3. The van der Waals surface area contributed by atoms with Crippen molar-refractivity contribution in [3.8, 4) is 11.5 Å². The largest absolute Gasteiger partial charge is 0.457 e. The molecule has 0 saturated carbocycles. The number of hydrogen-bond donors (Lipinski definition) is 2. The van der Waals surface area contributed by atoms with Crippen molar-refractivity contribution in [3.05, 3.63) is 60.2 Å². The fourth-order valence-corrected chi connectivity index (χ4v) is 2.95. The van der Waals surface area contributed by atoms with E-state index in [1.807, 2.05) is 59.5 Å². The van der Waals surface area contributed by atoms with Crippen molar-refractivity contribution >= 4 is 6.03 Å². The Morgan fingerprint density at radius 3 is 2.52 bits per heavy atom. The molecule has 0 atom stereocenters. The van der Waals surface area contributed by atoms with Gasteiger partial charge in [-0.3, -0.25) is 0 Å². The third-order valence-corrected chi connectivity index (χ3v) is 4.48.